The van der Waals surface area contributed by atoms with Crippen molar-refractivity contribution in [1.29, 1.82) is 0 Å². The summed E-state index contributed by atoms with van der Waals surface area (Å²) in [6, 6.07) is 18.1. The Morgan fingerprint density at radius 2 is 1.81 bits per heavy atom. The second kappa shape index (κ2) is 8.56. The highest BCUT2D eigenvalue weighted by Crippen LogP contribution is 2.26. The van der Waals surface area contributed by atoms with Crippen LogP contribution in [-0.4, -0.2) is 61.0 Å². The van der Waals surface area contributed by atoms with E-state index < -0.39 is 10.0 Å². The molecule has 0 saturated heterocycles. The fourth-order valence-electron chi connectivity index (χ4n) is 3.46. The Balaban J connectivity index is 1.59. The van der Waals surface area contributed by atoms with Crippen LogP contribution in [0.1, 0.15) is 6.92 Å². The van der Waals surface area contributed by atoms with Crippen LogP contribution in [0, 0.1) is 0 Å². The number of anilines is 1. The van der Waals surface area contributed by atoms with E-state index in [-0.39, 0.29) is 17.4 Å². The number of hydrogen-bond donors (Lipinski definition) is 0. The summed E-state index contributed by atoms with van der Waals surface area (Å²) in [6.45, 7) is 2.06. The van der Waals surface area contributed by atoms with Crippen molar-refractivity contribution in [3.05, 3.63) is 60.7 Å². The molecular formula is C22H23N5O4S. The van der Waals surface area contributed by atoms with Crippen LogP contribution in [0.5, 0.6) is 0 Å². The predicted molar refractivity (Wildman–Crippen MR) is 122 cm³/mol. The summed E-state index contributed by atoms with van der Waals surface area (Å²) < 4.78 is 26.0. The van der Waals surface area contributed by atoms with Gasteiger partial charge in [0.05, 0.1) is 10.6 Å². The normalized spacial score (nSPS) is 11.9. The molecule has 0 unspecified atom stereocenters. The van der Waals surface area contributed by atoms with Crippen LogP contribution >= 0.6 is 0 Å². The van der Waals surface area contributed by atoms with Crippen molar-refractivity contribution >= 4 is 43.4 Å². The maximum Gasteiger partial charge on any atom is 0.267 e. The molecule has 166 valence electrons. The number of likely N-dealkylation sites (N-methyl/N-ethyl adjacent to an activating group) is 1. The molecule has 0 atom stereocenters. The van der Waals surface area contributed by atoms with E-state index in [0.717, 1.165) is 25.6 Å². The van der Waals surface area contributed by atoms with Crippen LogP contribution < -0.4 is 9.74 Å². The lowest BCUT2D eigenvalue weighted by Gasteiger charge is -2.22. The average Bonchev–Trinajstić information content (AvgIpc) is 3.20. The van der Waals surface area contributed by atoms with Gasteiger partial charge in [0.2, 0.25) is 10.0 Å². The van der Waals surface area contributed by atoms with Crippen molar-refractivity contribution in [1.82, 2.24) is 19.5 Å². The number of hydrogen-bond acceptors (Lipinski definition) is 6. The first-order valence-electron chi connectivity index (χ1n) is 10.0. The summed E-state index contributed by atoms with van der Waals surface area (Å²) in [5, 5.41) is 9.90. The number of nitrogens with zero attached hydrogens (tertiary/aromatic N) is 5. The highest BCUT2D eigenvalue weighted by Gasteiger charge is 2.21. The standard InChI is InChI=1S/C22H23N5O4S/c1-4-26(20-11-7-9-16-8-5-6-10-18(16)20)22(28)15-31-27-21-14-17(32(29,30)25(2)3)12-13-19(21)23-24-27/h5-14H,4,15H2,1-3H3. The Morgan fingerprint density at radius 3 is 2.56 bits per heavy atom. The minimum Gasteiger partial charge on any atom is -0.385 e. The van der Waals surface area contributed by atoms with Crippen molar-refractivity contribution < 1.29 is 18.0 Å². The highest BCUT2D eigenvalue weighted by atomic mass is 32.2. The van der Waals surface area contributed by atoms with Gasteiger partial charge in [-0.05, 0) is 41.8 Å². The molecule has 0 N–H and O–H groups in total. The lowest BCUT2D eigenvalue weighted by atomic mass is 10.1. The molecule has 32 heavy (non-hydrogen) atoms. The lowest BCUT2D eigenvalue weighted by Crippen LogP contribution is -2.37. The smallest absolute Gasteiger partial charge is 0.267 e. The summed E-state index contributed by atoms with van der Waals surface area (Å²) >= 11 is 0. The van der Waals surface area contributed by atoms with Crippen molar-refractivity contribution in [2.75, 3.05) is 32.1 Å². The molecule has 0 bridgehead atoms. The van der Waals surface area contributed by atoms with E-state index in [2.05, 4.69) is 10.3 Å². The van der Waals surface area contributed by atoms with Gasteiger partial charge in [-0.2, -0.15) is 0 Å². The van der Waals surface area contributed by atoms with E-state index in [1.165, 1.54) is 26.2 Å². The largest absolute Gasteiger partial charge is 0.385 e. The van der Waals surface area contributed by atoms with Crippen LogP contribution in [0.25, 0.3) is 21.8 Å². The fraction of sp³-hybridized carbons (Fsp3) is 0.227. The van der Waals surface area contributed by atoms with Crippen LogP contribution in [0.2, 0.25) is 0 Å². The van der Waals surface area contributed by atoms with Crippen molar-refractivity contribution in [2.24, 2.45) is 0 Å². The molecular weight excluding hydrogens is 430 g/mol. The van der Waals surface area contributed by atoms with Crippen molar-refractivity contribution in [3.63, 3.8) is 0 Å². The average molecular weight is 454 g/mol. The molecule has 0 radical (unpaired) electrons. The SMILES string of the molecule is CCN(C(=O)COn1nnc2ccc(S(=O)(=O)N(C)C)cc21)c1cccc2ccccc12. The number of carbonyl (C=O) groups is 1. The molecule has 0 aliphatic rings. The van der Waals surface area contributed by atoms with Crippen LogP contribution in [0.4, 0.5) is 5.69 Å². The number of benzene rings is 3. The zero-order valence-electron chi connectivity index (χ0n) is 18.0. The van der Waals surface area contributed by atoms with Crippen LogP contribution in [0.15, 0.2) is 65.6 Å². The Hall–Kier alpha value is -3.50. The van der Waals surface area contributed by atoms with Gasteiger partial charge in [-0.3, -0.25) is 4.79 Å². The monoisotopic (exact) mass is 453 g/mol. The Morgan fingerprint density at radius 1 is 1.06 bits per heavy atom. The summed E-state index contributed by atoms with van der Waals surface area (Å²) in [5.41, 5.74) is 1.60. The number of carbonyl (C=O) groups excluding carboxylic acids is 1. The molecule has 0 aliphatic carbocycles. The number of aromatic nitrogens is 3. The molecule has 1 amide bonds. The quantitative estimate of drug-likeness (QED) is 0.426. The molecule has 0 fully saturated rings. The molecule has 0 saturated carbocycles. The molecule has 4 aromatic rings. The maximum absolute atomic E-state index is 13.0. The van der Waals surface area contributed by atoms with E-state index in [1.54, 1.807) is 11.0 Å². The van der Waals surface area contributed by atoms with Gasteiger partial charge in [0, 0.05) is 26.0 Å². The number of fused-ring (bicyclic) bond motifs is 2. The fourth-order valence-corrected chi connectivity index (χ4v) is 4.39. The summed E-state index contributed by atoms with van der Waals surface area (Å²) in [7, 11) is -0.724. The Labute approximate surface area is 185 Å². The first kappa shape index (κ1) is 21.7. The van der Waals surface area contributed by atoms with Gasteiger partial charge in [-0.1, -0.05) is 41.2 Å². The zero-order chi connectivity index (χ0) is 22.9. The lowest BCUT2D eigenvalue weighted by molar-refractivity contribution is -0.123. The zero-order valence-corrected chi connectivity index (χ0v) is 18.8. The van der Waals surface area contributed by atoms with Gasteiger partial charge >= 0.3 is 0 Å². The molecule has 0 spiro atoms. The number of sulfonamides is 1. The minimum absolute atomic E-state index is 0.0828. The predicted octanol–water partition coefficient (Wildman–Crippen LogP) is 2.32. The number of amides is 1. The Bertz CT molecular complexity index is 1390. The van der Waals surface area contributed by atoms with Gasteiger partial charge in [0.25, 0.3) is 5.91 Å². The van der Waals surface area contributed by atoms with E-state index >= 15 is 0 Å². The first-order valence-corrected chi connectivity index (χ1v) is 11.5. The van der Waals surface area contributed by atoms with Gasteiger partial charge < -0.3 is 9.74 Å². The molecule has 1 aromatic heterocycles. The molecule has 4 rings (SSSR count). The van der Waals surface area contributed by atoms with E-state index in [4.69, 9.17) is 4.84 Å². The maximum atomic E-state index is 13.0. The molecule has 3 aromatic carbocycles. The Kier molecular flexibility index (Phi) is 5.81. The van der Waals surface area contributed by atoms with E-state index in [1.807, 2.05) is 49.4 Å². The second-order valence-corrected chi connectivity index (χ2v) is 9.46. The molecule has 1 heterocycles. The molecule has 9 nitrogen and oxygen atoms in total. The van der Waals surface area contributed by atoms with Gasteiger partial charge in [-0.25, -0.2) is 12.7 Å². The molecule has 0 aliphatic heterocycles. The number of rotatable bonds is 7. The van der Waals surface area contributed by atoms with Crippen molar-refractivity contribution in [3.8, 4) is 0 Å². The highest BCUT2D eigenvalue weighted by molar-refractivity contribution is 7.89. The topological polar surface area (TPSA) is 97.6 Å². The third kappa shape index (κ3) is 3.90. The summed E-state index contributed by atoms with van der Waals surface area (Å²) in [4.78, 5) is 21.4. The van der Waals surface area contributed by atoms with Crippen LogP contribution in [-0.2, 0) is 14.8 Å². The van der Waals surface area contributed by atoms with E-state index in [9.17, 15) is 13.2 Å². The third-order valence-corrected chi connectivity index (χ3v) is 6.96. The van der Waals surface area contributed by atoms with E-state index in [0.29, 0.717) is 17.6 Å². The van der Waals surface area contributed by atoms with Gasteiger partial charge in [-0.15, -0.1) is 5.10 Å². The third-order valence-electron chi connectivity index (χ3n) is 5.15. The first-order chi connectivity index (χ1) is 15.3. The molecule has 10 heteroatoms. The summed E-state index contributed by atoms with van der Waals surface area (Å²) in [6.07, 6.45) is 0. The summed E-state index contributed by atoms with van der Waals surface area (Å²) in [5.74, 6) is -0.260. The van der Waals surface area contributed by atoms with Gasteiger partial charge in [0.15, 0.2) is 6.61 Å². The minimum atomic E-state index is -3.63. The van der Waals surface area contributed by atoms with Gasteiger partial charge in [0.1, 0.15) is 11.0 Å². The van der Waals surface area contributed by atoms with Crippen molar-refractivity contribution in [2.45, 2.75) is 11.8 Å². The second-order valence-electron chi connectivity index (χ2n) is 7.31. The van der Waals surface area contributed by atoms with Crippen LogP contribution in [0.3, 0.4) is 0 Å².